The predicted molar refractivity (Wildman–Crippen MR) is 82.3 cm³/mol. The first kappa shape index (κ1) is 14.3. The molecule has 0 N–H and O–H groups in total. The lowest BCUT2D eigenvalue weighted by atomic mass is 10.2. The van der Waals surface area contributed by atoms with Gasteiger partial charge in [0, 0.05) is 31.2 Å². The third-order valence-electron chi connectivity index (χ3n) is 2.89. The SMILES string of the molecule is CN(C#N)c1cc(N(C)Cc2ccccc2Br)ncn1. The Kier molecular flexibility index (Phi) is 4.53. The largest absolute Gasteiger partial charge is 0.355 e. The van der Waals surface area contributed by atoms with E-state index in [1.165, 1.54) is 16.8 Å². The van der Waals surface area contributed by atoms with E-state index in [-0.39, 0.29) is 0 Å². The van der Waals surface area contributed by atoms with Crippen molar-refractivity contribution >= 4 is 27.6 Å². The molecule has 0 fully saturated rings. The highest BCUT2D eigenvalue weighted by Gasteiger charge is 2.09. The molecule has 0 aliphatic rings. The van der Waals surface area contributed by atoms with E-state index in [1.807, 2.05) is 36.3 Å². The van der Waals surface area contributed by atoms with E-state index in [2.05, 4.69) is 32.0 Å². The van der Waals surface area contributed by atoms with Crippen molar-refractivity contribution in [1.29, 1.82) is 5.26 Å². The van der Waals surface area contributed by atoms with E-state index >= 15 is 0 Å². The first-order valence-electron chi connectivity index (χ1n) is 6.02. The van der Waals surface area contributed by atoms with Crippen molar-refractivity contribution in [2.24, 2.45) is 0 Å². The summed E-state index contributed by atoms with van der Waals surface area (Å²) in [6.07, 6.45) is 3.49. The van der Waals surface area contributed by atoms with Gasteiger partial charge in [0.2, 0.25) is 0 Å². The van der Waals surface area contributed by atoms with E-state index < -0.39 is 0 Å². The molecule has 0 unspecified atom stereocenters. The topological polar surface area (TPSA) is 56.1 Å². The maximum atomic E-state index is 8.89. The fraction of sp³-hybridized carbons (Fsp3) is 0.214. The van der Waals surface area contributed by atoms with E-state index in [4.69, 9.17) is 5.26 Å². The molecule has 102 valence electrons. The Hall–Kier alpha value is -2.13. The summed E-state index contributed by atoms with van der Waals surface area (Å²) in [7, 11) is 3.62. The van der Waals surface area contributed by atoms with E-state index in [0.29, 0.717) is 12.4 Å². The van der Waals surface area contributed by atoms with Crippen LogP contribution in [0.1, 0.15) is 5.56 Å². The number of nitrogens with zero attached hydrogens (tertiary/aromatic N) is 5. The number of rotatable bonds is 4. The zero-order valence-electron chi connectivity index (χ0n) is 11.3. The summed E-state index contributed by atoms with van der Waals surface area (Å²) in [5.41, 5.74) is 1.17. The number of aromatic nitrogens is 2. The fourth-order valence-electron chi connectivity index (χ4n) is 1.74. The quantitative estimate of drug-likeness (QED) is 0.637. The van der Waals surface area contributed by atoms with E-state index in [0.717, 1.165) is 10.3 Å². The first-order valence-corrected chi connectivity index (χ1v) is 6.81. The van der Waals surface area contributed by atoms with Crippen LogP contribution in [0.3, 0.4) is 0 Å². The van der Waals surface area contributed by atoms with Gasteiger partial charge in [0.1, 0.15) is 18.0 Å². The summed E-state index contributed by atoms with van der Waals surface area (Å²) >= 11 is 3.54. The van der Waals surface area contributed by atoms with Gasteiger partial charge in [-0.25, -0.2) is 9.97 Å². The van der Waals surface area contributed by atoms with Gasteiger partial charge in [-0.1, -0.05) is 34.1 Å². The standard InChI is InChI=1S/C14H14BrN5/c1-19(8-11-5-3-4-6-12(11)15)13-7-14(18-10-17-13)20(2)9-16/h3-7,10H,8H2,1-2H3. The molecule has 0 spiro atoms. The van der Waals surface area contributed by atoms with Gasteiger partial charge in [0.15, 0.2) is 6.19 Å². The lowest BCUT2D eigenvalue weighted by Gasteiger charge is -2.20. The van der Waals surface area contributed by atoms with E-state index in [1.54, 1.807) is 13.1 Å². The molecule has 1 heterocycles. The molecular formula is C14H14BrN5. The minimum absolute atomic E-state index is 0.580. The third-order valence-corrected chi connectivity index (χ3v) is 3.66. The number of nitriles is 1. The van der Waals surface area contributed by atoms with Crippen LogP contribution in [0, 0.1) is 11.5 Å². The molecule has 0 aliphatic carbocycles. The molecule has 20 heavy (non-hydrogen) atoms. The maximum absolute atomic E-state index is 8.89. The van der Waals surface area contributed by atoms with Crippen LogP contribution in [-0.2, 0) is 6.54 Å². The summed E-state index contributed by atoms with van der Waals surface area (Å²) in [6.45, 7) is 0.716. The molecule has 0 saturated carbocycles. The molecule has 6 heteroatoms. The van der Waals surface area contributed by atoms with Crippen molar-refractivity contribution in [3.8, 4) is 6.19 Å². The van der Waals surface area contributed by atoms with Crippen molar-refractivity contribution in [3.05, 3.63) is 46.7 Å². The Bertz CT molecular complexity index is 637. The maximum Gasteiger partial charge on any atom is 0.185 e. The molecule has 0 atom stereocenters. The van der Waals surface area contributed by atoms with Crippen molar-refractivity contribution in [2.75, 3.05) is 23.9 Å². The summed E-state index contributed by atoms with van der Waals surface area (Å²) in [5.74, 6) is 1.35. The van der Waals surface area contributed by atoms with Gasteiger partial charge in [-0.2, -0.15) is 5.26 Å². The molecule has 1 aromatic carbocycles. The second kappa shape index (κ2) is 6.35. The molecule has 2 aromatic rings. The van der Waals surface area contributed by atoms with Crippen LogP contribution in [0.25, 0.3) is 0 Å². The molecule has 0 saturated heterocycles. The summed E-state index contributed by atoms with van der Waals surface area (Å²) in [5, 5.41) is 8.89. The smallest absolute Gasteiger partial charge is 0.185 e. The Morgan fingerprint density at radius 1 is 1.20 bits per heavy atom. The molecule has 0 bridgehead atoms. The Morgan fingerprint density at radius 3 is 2.60 bits per heavy atom. The van der Waals surface area contributed by atoms with Crippen LogP contribution < -0.4 is 9.80 Å². The Labute approximate surface area is 126 Å². The molecule has 0 radical (unpaired) electrons. The third kappa shape index (κ3) is 3.25. The van der Waals surface area contributed by atoms with Gasteiger partial charge in [-0.15, -0.1) is 0 Å². The Balaban J connectivity index is 2.20. The zero-order chi connectivity index (χ0) is 14.5. The fourth-order valence-corrected chi connectivity index (χ4v) is 2.15. The zero-order valence-corrected chi connectivity index (χ0v) is 12.9. The molecule has 5 nitrogen and oxygen atoms in total. The summed E-state index contributed by atoms with van der Waals surface area (Å²) in [6, 6.07) is 9.85. The molecular weight excluding hydrogens is 318 g/mol. The highest BCUT2D eigenvalue weighted by atomic mass is 79.9. The minimum Gasteiger partial charge on any atom is -0.355 e. The number of benzene rings is 1. The van der Waals surface area contributed by atoms with Gasteiger partial charge < -0.3 is 4.90 Å². The van der Waals surface area contributed by atoms with Gasteiger partial charge in [0.25, 0.3) is 0 Å². The van der Waals surface area contributed by atoms with Crippen LogP contribution in [0.15, 0.2) is 41.1 Å². The highest BCUT2D eigenvalue weighted by Crippen LogP contribution is 2.21. The van der Waals surface area contributed by atoms with Crippen molar-refractivity contribution in [2.45, 2.75) is 6.54 Å². The first-order chi connectivity index (χ1) is 9.61. The number of hydrogen-bond acceptors (Lipinski definition) is 5. The van der Waals surface area contributed by atoms with Crippen LogP contribution in [0.5, 0.6) is 0 Å². The summed E-state index contributed by atoms with van der Waals surface area (Å²) < 4.78 is 1.07. The van der Waals surface area contributed by atoms with Gasteiger partial charge in [0.05, 0.1) is 0 Å². The molecule has 1 aromatic heterocycles. The van der Waals surface area contributed by atoms with Crippen LogP contribution >= 0.6 is 15.9 Å². The number of halogens is 1. The van der Waals surface area contributed by atoms with Crippen LogP contribution in [-0.4, -0.2) is 24.1 Å². The molecule has 2 rings (SSSR count). The van der Waals surface area contributed by atoms with E-state index in [9.17, 15) is 0 Å². The van der Waals surface area contributed by atoms with Crippen molar-refractivity contribution in [1.82, 2.24) is 9.97 Å². The lowest BCUT2D eigenvalue weighted by molar-refractivity contribution is 0.885. The average Bonchev–Trinajstić information content (AvgIpc) is 2.49. The molecule has 0 amide bonds. The van der Waals surface area contributed by atoms with Gasteiger partial charge in [-0.05, 0) is 11.6 Å². The predicted octanol–water partition coefficient (Wildman–Crippen LogP) is 2.79. The second-order valence-electron chi connectivity index (χ2n) is 4.34. The lowest BCUT2D eigenvalue weighted by Crippen LogP contribution is -2.19. The number of anilines is 2. The molecule has 0 aliphatic heterocycles. The van der Waals surface area contributed by atoms with Crippen LogP contribution in [0.4, 0.5) is 11.6 Å². The highest BCUT2D eigenvalue weighted by molar-refractivity contribution is 9.10. The minimum atomic E-state index is 0.580. The number of hydrogen-bond donors (Lipinski definition) is 0. The summed E-state index contributed by atoms with van der Waals surface area (Å²) in [4.78, 5) is 11.7. The Morgan fingerprint density at radius 2 is 1.90 bits per heavy atom. The van der Waals surface area contributed by atoms with Crippen molar-refractivity contribution in [3.63, 3.8) is 0 Å². The second-order valence-corrected chi connectivity index (χ2v) is 5.20. The average molecular weight is 332 g/mol. The monoisotopic (exact) mass is 331 g/mol. The van der Waals surface area contributed by atoms with Crippen LogP contribution in [0.2, 0.25) is 0 Å². The normalized spacial score (nSPS) is 9.90. The van der Waals surface area contributed by atoms with Crippen molar-refractivity contribution < 1.29 is 0 Å². The van der Waals surface area contributed by atoms with Gasteiger partial charge in [-0.3, -0.25) is 4.90 Å². The van der Waals surface area contributed by atoms with Gasteiger partial charge >= 0.3 is 0 Å².